The van der Waals surface area contributed by atoms with Crippen LogP contribution in [0.4, 0.5) is 11.5 Å². The number of piperidine rings is 1. The molecule has 4 rings (SSSR count). The van der Waals surface area contributed by atoms with Gasteiger partial charge in [-0.2, -0.15) is 0 Å². The van der Waals surface area contributed by atoms with E-state index in [1.54, 1.807) is 6.33 Å². The lowest BCUT2D eigenvalue weighted by Gasteiger charge is -2.27. The Hall–Kier alpha value is -3.41. The predicted molar refractivity (Wildman–Crippen MR) is 119 cm³/mol. The molecule has 6 nitrogen and oxygen atoms in total. The summed E-state index contributed by atoms with van der Waals surface area (Å²) in [5.74, 6) is 1.45. The quantitative estimate of drug-likeness (QED) is 0.642. The second-order valence-corrected chi connectivity index (χ2v) is 7.27. The number of anilines is 2. The number of ether oxygens (including phenoxy) is 1. The number of amides is 1. The van der Waals surface area contributed by atoms with Crippen molar-refractivity contribution < 1.29 is 9.53 Å². The van der Waals surface area contributed by atoms with Gasteiger partial charge >= 0.3 is 0 Å². The summed E-state index contributed by atoms with van der Waals surface area (Å²) >= 11 is 0. The number of hydrogen-bond donors (Lipinski definition) is 1. The lowest BCUT2D eigenvalue weighted by atomic mass is 10.1. The van der Waals surface area contributed by atoms with E-state index in [1.165, 1.54) is 19.3 Å². The van der Waals surface area contributed by atoms with Gasteiger partial charge in [0.1, 0.15) is 17.9 Å². The van der Waals surface area contributed by atoms with Crippen LogP contribution < -0.4 is 15.0 Å². The largest absolute Gasteiger partial charge is 0.492 e. The molecule has 1 aromatic heterocycles. The van der Waals surface area contributed by atoms with Gasteiger partial charge in [-0.25, -0.2) is 9.97 Å². The molecule has 0 unspecified atom stereocenters. The molecule has 1 N–H and O–H groups in total. The van der Waals surface area contributed by atoms with Crippen molar-refractivity contribution in [3.63, 3.8) is 0 Å². The highest BCUT2D eigenvalue weighted by Gasteiger charge is 2.14. The van der Waals surface area contributed by atoms with Crippen LogP contribution in [-0.4, -0.2) is 35.6 Å². The second kappa shape index (κ2) is 9.39. The molecule has 3 aromatic rings. The van der Waals surface area contributed by atoms with Crippen molar-refractivity contribution in [1.82, 2.24) is 9.97 Å². The summed E-state index contributed by atoms with van der Waals surface area (Å²) in [6.07, 6.45) is 5.31. The van der Waals surface area contributed by atoms with Crippen LogP contribution in [0.3, 0.4) is 0 Å². The van der Waals surface area contributed by atoms with E-state index in [2.05, 4.69) is 20.2 Å². The molecule has 0 saturated carbocycles. The van der Waals surface area contributed by atoms with Crippen molar-refractivity contribution in [2.45, 2.75) is 26.2 Å². The highest BCUT2D eigenvalue weighted by molar-refractivity contribution is 6.05. The van der Waals surface area contributed by atoms with Gasteiger partial charge in [-0.05, 0) is 50.5 Å². The van der Waals surface area contributed by atoms with Gasteiger partial charge < -0.3 is 15.0 Å². The molecular formula is C24H26N4O2. The number of carbonyl (C=O) groups is 1. The summed E-state index contributed by atoms with van der Waals surface area (Å²) in [5.41, 5.74) is 3.06. The van der Waals surface area contributed by atoms with Crippen LogP contribution in [0.25, 0.3) is 11.3 Å². The van der Waals surface area contributed by atoms with E-state index in [-0.39, 0.29) is 5.91 Å². The Morgan fingerprint density at radius 2 is 1.80 bits per heavy atom. The Labute approximate surface area is 176 Å². The number of rotatable bonds is 6. The smallest absolute Gasteiger partial charge is 0.255 e. The van der Waals surface area contributed by atoms with Gasteiger partial charge in [-0.3, -0.25) is 4.79 Å². The number of para-hydroxylation sites is 2. The molecule has 1 amide bonds. The van der Waals surface area contributed by atoms with Crippen molar-refractivity contribution in [3.8, 4) is 17.0 Å². The first kappa shape index (κ1) is 19.9. The molecule has 0 bridgehead atoms. The van der Waals surface area contributed by atoms with Gasteiger partial charge in [0.05, 0.1) is 18.0 Å². The molecule has 154 valence electrons. The monoisotopic (exact) mass is 402 g/mol. The Morgan fingerprint density at radius 1 is 1.03 bits per heavy atom. The van der Waals surface area contributed by atoms with E-state index in [4.69, 9.17) is 4.74 Å². The Morgan fingerprint density at radius 3 is 2.57 bits per heavy atom. The molecule has 1 aliphatic rings. The van der Waals surface area contributed by atoms with Crippen LogP contribution in [0.1, 0.15) is 36.5 Å². The van der Waals surface area contributed by atoms with Gasteiger partial charge in [0.25, 0.3) is 5.91 Å². The van der Waals surface area contributed by atoms with Crippen LogP contribution in [0, 0.1) is 0 Å². The number of nitrogens with zero attached hydrogens (tertiary/aromatic N) is 3. The number of hydrogen-bond acceptors (Lipinski definition) is 5. The minimum absolute atomic E-state index is 0.176. The van der Waals surface area contributed by atoms with Crippen molar-refractivity contribution >= 4 is 17.4 Å². The van der Waals surface area contributed by atoms with E-state index in [9.17, 15) is 4.79 Å². The van der Waals surface area contributed by atoms with Crippen molar-refractivity contribution in [2.75, 3.05) is 29.9 Å². The lowest BCUT2D eigenvalue weighted by Crippen LogP contribution is -2.30. The van der Waals surface area contributed by atoms with Crippen molar-refractivity contribution in [3.05, 3.63) is 66.5 Å². The first-order valence-electron chi connectivity index (χ1n) is 10.4. The van der Waals surface area contributed by atoms with E-state index in [0.717, 1.165) is 30.2 Å². The second-order valence-electron chi connectivity index (χ2n) is 7.27. The molecule has 0 atom stereocenters. The molecule has 1 saturated heterocycles. The Balaban J connectivity index is 1.48. The predicted octanol–water partition coefficient (Wildman–Crippen LogP) is 4.78. The fourth-order valence-electron chi connectivity index (χ4n) is 3.64. The third-order valence-electron chi connectivity index (χ3n) is 5.21. The van der Waals surface area contributed by atoms with E-state index in [0.29, 0.717) is 23.6 Å². The standard InChI is InChI=1S/C24H26N4O2/c1-2-30-22-9-5-4-8-20(22)27-24(29)19-12-10-18(11-13-19)21-16-23(26-17-25-21)28-14-6-3-7-15-28/h4-5,8-13,16-17H,2-3,6-7,14-15H2,1H3,(H,27,29). The average molecular weight is 402 g/mol. The summed E-state index contributed by atoms with van der Waals surface area (Å²) in [6.45, 7) is 4.54. The zero-order chi connectivity index (χ0) is 20.8. The molecule has 2 heterocycles. The molecular weight excluding hydrogens is 376 g/mol. The molecule has 2 aromatic carbocycles. The molecule has 0 aliphatic carbocycles. The zero-order valence-electron chi connectivity index (χ0n) is 17.2. The maximum Gasteiger partial charge on any atom is 0.255 e. The number of carbonyl (C=O) groups excluding carboxylic acids is 1. The normalized spacial score (nSPS) is 13.7. The SMILES string of the molecule is CCOc1ccccc1NC(=O)c1ccc(-c2cc(N3CCCCC3)ncn2)cc1. The summed E-state index contributed by atoms with van der Waals surface area (Å²) in [6, 6.07) is 16.9. The lowest BCUT2D eigenvalue weighted by molar-refractivity contribution is 0.102. The molecule has 0 radical (unpaired) electrons. The fraction of sp³-hybridized carbons (Fsp3) is 0.292. The number of aromatic nitrogens is 2. The highest BCUT2D eigenvalue weighted by atomic mass is 16.5. The molecule has 30 heavy (non-hydrogen) atoms. The summed E-state index contributed by atoms with van der Waals surface area (Å²) in [5, 5.41) is 2.93. The van der Waals surface area contributed by atoms with Gasteiger partial charge in [-0.1, -0.05) is 24.3 Å². The Bertz CT molecular complexity index is 998. The van der Waals surface area contributed by atoms with Gasteiger partial charge in [0.15, 0.2) is 0 Å². The van der Waals surface area contributed by atoms with E-state index in [1.807, 2.05) is 61.5 Å². The van der Waals surface area contributed by atoms with E-state index < -0.39 is 0 Å². The maximum atomic E-state index is 12.7. The third kappa shape index (κ3) is 4.59. The number of nitrogens with one attached hydrogen (secondary N) is 1. The molecule has 6 heteroatoms. The maximum absolute atomic E-state index is 12.7. The Kier molecular flexibility index (Phi) is 6.23. The summed E-state index contributed by atoms with van der Waals surface area (Å²) in [7, 11) is 0. The average Bonchev–Trinajstić information content (AvgIpc) is 2.81. The fourth-order valence-corrected chi connectivity index (χ4v) is 3.64. The van der Waals surface area contributed by atoms with Crippen LogP contribution in [0.5, 0.6) is 5.75 Å². The summed E-state index contributed by atoms with van der Waals surface area (Å²) in [4.78, 5) is 23.9. The minimum Gasteiger partial charge on any atom is -0.492 e. The molecule has 0 spiro atoms. The van der Waals surface area contributed by atoms with Crippen molar-refractivity contribution in [2.24, 2.45) is 0 Å². The van der Waals surface area contributed by atoms with Crippen LogP contribution in [0.15, 0.2) is 60.9 Å². The van der Waals surface area contributed by atoms with Gasteiger partial charge in [-0.15, -0.1) is 0 Å². The summed E-state index contributed by atoms with van der Waals surface area (Å²) < 4.78 is 5.58. The van der Waals surface area contributed by atoms with Crippen LogP contribution >= 0.6 is 0 Å². The topological polar surface area (TPSA) is 67.3 Å². The highest BCUT2D eigenvalue weighted by Crippen LogP contribution is 2.26. The minimum atomic E-state index is -0.176. The van der Waals surface area contributed by atoms with Crippen LogP contribution in [-0.2, 0) is 0 Å². The third-order valence-corrected chi connectivity index (χ3v) is 5.21. The van der Waals surface area contributed by atoms with Gasteiger partial charge in [0, 0.05) is 30.3 Å². The first-order chi connectivity index (χ1) is 14.7. The number of benzene rings is 2. The van der Waals surface area contributed by atoms with E-state index >= 15 is 0 Å². The first-order valence-corrected chi connectivity index (χ1v) is 10.4. The molecule has 1 aliphatic heterocycles. The van der Waals surface area contributed by atoms with Crippen LogP contribution in [0.2, 0.25) is 0 Å². The van der Waals surface area contributed by atoms with Crippen molar-refractivity contribution in [1.29, 1.82) is 0 Å². The van der Waals surface area contributed by atoms with Gasteiger partial charge in [0.2, 0.25) is 0 Å². The molecule has 1 fully saturated rings. The zero-order valence-corrected chi connectivity index (χ0v) is 17.2.